The SMILES string of the molecule is CCCCC/C(C)=N/NC(=O)[C@@H](CSCc1ccccc1)NC(=O)c1ccc([N+](=O)[O-])cc1. The highest BCUT2D eigenvalue weighted by molar-refractivity contribution is 7.98. The Bertz CT molecular complexity index is 949. The summed E-state index contributed by atoms with van der Waals surface area (Å²) >= 11 is 1.52. The molecule has 2 aromatic carbocycles. The number of hydrazone groups is 1. The van der Waals surface area contributed by atoms with E-state index in [4.69, 9.17) is 0 Å². The van der Waals surface area contributed by atoms with Crippen molar-refractivity contribution in [1.82, 2.24) is 10.7 Å². The molecule has 0 aliphatic heterocycles. The summed E-state index contributed by atoms with van der Waals surface area (Å²) in [6.07, 6.45) is 4.02. The van der Waals surface area contributed by atoms with Gasteiger partial charge >= 0.3 is 0 Å². The van der Waals surface area contributed by atoms with E-state index in [0.717, 1.165) is 37.0 Å². The van der Waals surface area contributed by atoms with E-state index in [0.29, 0.717) is 11.5 Å². The van der Waals surface area contributed by atoms with Gasteiger partial charge in [-0.25, -0.2) is 5.43 Å². The maximum absolute atomic E-state index is 12.8. The van der Waals surface area contributed by atoms with Crippen LogP contribution in [0.1, 0.15) is 55.5 Å². The van der Waals surface area contributed by atoms with Gasteiger partial charge in [-0.2, -0.15) is 16.9 Å². The average Bonchev–Trinajstić information content (AvgIpc) is 2.82. The molecule has 0 fully saturated rings. The van der Waals surface area contributed by atoms with Crippen molar-refractivity contribution in [2.24, 2.45) is 5.10 Å². The van der Waals surface area contributed by atoms with Crippen LogP contribution in [0, 0.1) is 10.1 Å². The molecule has 0 bridgehead atoms. The third-order valence-electron chi connectivity index (χ3n) is 4.86. The lowest BCUT2D eigenvalue weighted by Gasteiger charge is -2.17. The molecule has 0 aliphatic carbocycles. The number of amides is 2. The van der Waals surface area contributed by atoms with Gasteiger partial charge in [-0.1, -0.05) is 50.1 Å². The van der Waals surface area contributed by atoms with Crippen molar-refractivity contribution in [2.45, 2.75) is 51.3 Å². The minimum absolute atomic E-state index is 0.104. The van der Waals surface area contributed by atoms with Gasteiger partial charge in [0.05, 0.1) is 4.92 Å². The van der Waals surface area contributed by atoms with E-state index in [2.05, 4.69) is 22.8 Å². The molecular weight excluding hydrogens is 440 g/mol. The number of rotatable bonds is 13. The van der Waals surface area contributed by atoms with Gasteiger partial charge in [0.1, 0.15) is 6.04 Å². The fourth-order valence-electron chi connectivity index (χ4n) is 2.94. The highest BCUT2D eigenvalue weighted by Gasteiger charge is 2.22. The Balaban J connectivity index is 2.03. The maximum Gasteiger partial charge on any atom is 0.269 e. The van der Waals surface area contributed by atoms with Gasteiger partial charge in [0.15, 0.2) is 0 Å². The number of nitrogens with zero attached hydrogens (tertiary/aromatic N) is 2. The van der Waals surface area contributed by atoms with Gasteiger partial charge in [-0.3, -0.25) is 19.7 Å². The highest BCUT2D eigenvalue weighted by atomic mass is 32.2. The van der Waals surface area contributed by atoms with Crippen molar-refractivity contribution in [3.63, 3.8) is 0 Å². The van der Waals surface area contributed by atoms with Crippen molar-refractivity contribution in [3.8, 4) is 0 Å². The van der Waals surface area contributed by atoms with Crippen LogP contribution in [0.3, 0.4) is 0 Å². The summed E-state index contributed by atoms with van der Waals surface area (Å²) in [5.74, 6) is 0.163. The van der Waals surface area contributed by atoms with Crippen LogP contribution >= 0.6 is 11.8 Å². The van der Waals surface area contributed by atoms with Crippen LogP contribution in [0.25, 0.3) is 0 Å². The monoisotopic (exact) mass is 470 g/mol. The number of carbonyl (C=O) groups is 2. The Labute approximate surface area is 198 Å². The zero-order chi connectivity index (χ0) is 24.1. The minimum atomic E-state index is -0.811. The largest absolute Gasteiger partial charge is 0.339 e. The number of unbranched alkanes of at least 4 members (excludes halogenated alkanes) is 2. The van der Waals surface area contributed by atoms with Crippen LogP contribution in [-0.4, -0.2) is 34.2 Å². The first-order valence-electron chi connectivity index (χ1n) is 10.9. The molecule has 0 saturated heterocycles. The highest BCUT2D eigenvalue weighted by Crippen LogP contribution is 2.15. The number of nitrogens with one attached hydrogen (secondary N) is 2. The number of hydrogen-bond acceptors (Lipinski definition) is 6. The summed E-state index contributed by atoms with van der Waals surface area (Å²) in [5, 5.41) is 17.7. The van der Waals surface area contributed by atoms with Gasteiger partial charge in [0, 0.05) is 34.9 Å². The van der Waals surface area contributed by atoms with Gasteiger partial charge in [0.2, 0.25) is 0 Å². The Morgan fingerprint density at radius 3 is 2.42 bits per heavy atom. The number of carbonyl (C=O) groups excluding carboxylic acids is 2. The van der Waals surface area contributed by atoms with Crippen molar-refractivity contribution in [1.29, 1.82) is 0 Å². The van der Waals surface area contributed by atoms with Crippen LogP contribution in [-0.2, 0) is 10.5 Å². The maximum atomic E-state index is 12.8. The molecule has 2 amide bonds. The van der Waals surface area contributed by atoms with E-state index < -0.39 is 22.8 Å². The molecule has 1 atom stereocenters. The molecule has 8 nitrogen and oxygen atoms in total. The van der Waals surface area contributed by atoms with E-state index in [1.807, 2.05) is 37.3 Å². The molecule has 0 radical (unpaired) electrons. The van der Waals surface area contributed by atoms with E-state index in [1.165, 1.54) is 36.0 Å². The third kappa shape index (κ3) is 9.44. The Kier molecular flexibility index (Phi) is 11.1. The number of nitro benzene ring substituents is 1. The Morgan fingerprint density at radius 1 is 1.09 bits per heavy atom. The summed E-state index contributed by atoms with van der Waals surface area (Å²) in [6, 6.07) is 14.3. The molecule has 0 unspecified atom stereocenters. The van der Waals surface area contributed by atoms with Crippen LogP contribution in [0.15, 0.2) is 59.7 Å². The fraction of sp³-hybridized carbons (Fsp3) is 0.375. The zero-order valence-corrected chi connectivity index (χ0v) is 19.8. The van der Waals surface area contributed by atoms with Crippen molar-refractivity contribution < 1.29 is 14.5 Å². The number of nitro groups is 1. The molecule has 2 rings (SSSR count). The van der Waals surface area contributed by atoms with Crippen molar-refractivity contribution in [2.75, 3.05) is 5.75 Å². The number of benzene rings is 2. The molecule has 176 valence electrons. The second-order valence-electron chi connectivity index (χ2n) is 7.61. The van der Waals surface area contributed by atoms with E-state index in [9.17, 15) is 19.7 Å². The predicted molar refractivity (Wildman–Crippen MR) is 132 cm³/mol. The number of non-ortho nitro benzene ring substituents is 1. The summed E-state index contributed by atoms with van der Waals surface area (Å²) in [4.78, 5) is 35.8. The van der Waals surface area contributed by atoms with E-state index >= 15 is 0 Å². The number of thioether (sulfide) groups is 1. The molecule has 0 saturated carbocycles. The molecule has 0 heterocycles. The topological polar surface area (TPSA) is 114 Å². The Morgan fingerprint density at radius 2 is 1.79 bits per heavy atom. The molecule has 0 spiro atoms. The minimum Gasteiger partial charge on any atom is -0.339 e. The first kappa shape index (κ1) is 26.1. The van der Waals surface area contributed by atoms with Gasteiger partial charge in [0.25, 0.3) is 17.5 Å². The number of hydrogen-bond donors (Lipinski definition) is 2. The standard InChI is InChI=1S/C24H30N4O4S/c1-3-4-6-9-18(2)26-27-24(30)22(17-33-16-19-10-7-5-8-11-19)25-23(29)20-12-14-21(15-13-20)28(31)32/h5,7-8,10-15,22H,3-4,6,9,16-17H2,1-2H3,(H,25,29)(H,27,30)/b26-18+/t22-/m1/s1. The zero-order valence-electron chi connectivity index (χ0n) is 19.0. The van der Waals surface area contributed by atoms with Crippen LogP contribution in [0.2, 0.25) is 0 Å². The Hall–Kier alpha value is -3.20. The van der Waals surface area contributed by atoms with Crippen LogP contribution in [0.4, 0.5) is 5.69 Å². The lowest BCUT2D eigenvalue weighted by molar-refractivity contribution is -0.384. The second kappa shape index (κ2) is 14.1. The molecule has 33 heavy (non-hydrogen) atoms. The van der Waals surface area contributed by atoms with Crippen LogP contribution in [0.5, 0.6) is 0 Å². The summed E-state index contributed by atoms with van der Waals surface area (Å²) < 4.78 is 0. The molecule has 2 N–H and O–H groups in total. The lowest BCUT2D eigenvalue weighted by atomic mass is 10.1. The molecule has 0 aliphatic rings. The van der Waals surface area contributed by atoms with E-state index in [-0.39, 0.29) is 11.3 Å². The normalized spacial score (nSPS) is 12.1. The van der Waals surface area contributed by atoms with Crippen LogP contribution < -0.4 is 10.7 Å². The molecule has 2 aromatic rings. The lowest BCUT2D eigenvalue weighted by Crippen LogP contribution is -2.47. The van der Waals surface area contributed by atoms with Crippen molar-refractivity contribution in [3.05, 3.63) is 75.8 Å². The first-order chi connectivity index (χ1) is 15.9. The second-order valence-corrected chi connectivity index (χ2v) is 8.64. The summed E-state index contributed by atoms with van der Waals surface area (Å²) in [7, 11) is 0. The third-order valence-corrected chi connectivity index (χ3v) is 5.96. The summed E-state index contributed by atoms with van der Waals surface area (Å²) in [6.45, 7) is 3.99. The average molecular weight is 471 g/mol. The quantitative estimate of drug-likeness (QED) is 0.191. The predicted octanol–water partition coefficient (Wildman–Crippen LogP) is 4.70. The fourth-order valence-corrected chi connectivity index (χ4v) is 3.96. The first-order valence-corrected chi connectivity index (χ1v) is 12.1. The van der Waals surface area contributed by atoms with Gasteiger partial charge in [-0.05, 0) is 37.5 Å². The van der Waals surface area contributed by atoms with E-state index in [1.54, 1.807) is 0 Å². The smallest absolute Gasteiger partial charge is 0.269 e. The van der Waals surface area contributed by atoms with Gasteiger partial charge < -0.3 is 5.32 Å². The molecule has 0 aromatic heterocycles. The summed E-state index contributed by atoms with van der Waals surface area (Å²) in [5.41, 5.74) is 4.65. The molecular formula is C24H30N4O4S. The molecule has 9 heteroatoms. The van der Waals surface area contributed by atoms with Gasteiger partial charge in [-0.15, -0.1) is 0 Å². The van der Waals surface area contributed by atoms with Crippen molar-refractivity contribution >= 4 is 35.0 Å².